The summed E-state index contributed by atoms with van der Waals surface area (Å²) in [5.74, 6) is 0.726. The van der Waals surface area contributed by atoms with Crippen LogP contribution in [-0.4, -0.2) is 16.1 Å². The minimum Gasteiger partial charge on any atom is -0.356 e. The summed E-state index contributed by atoms with van der Waals surface area (Å²) in [4.78, 5) is 4.52. The number of aromatic nitrogens is 2. The topological polar surface area (TPSA) is 29.9 Å². The smallest absolute Gasteiger partial charge is 0.203 e. The third kappa shape index (κ3) is 3.59. The fraction of sp³-hybridized carbons (Fsp3) is 0.438. The summed E-state index contributed by atoms with van der Waals surface area (Å²) in [6, 6.07) is 6.99. The van der Waals surface area contributed by atoms with Crippen molar-refractivity contribution in [1.29, 1.82) is 0 Å². The highest BCUT2D eigenvalue weighted by atomic mass is 19.1. The third-order valence-electron chi connectivity index (χ3n) is 3.31. The minimum absolute atomic E-state index is 0.190. The number of rotatable bonds is 6. The Bertz CT molecular complexity index is 545. The van der Waals surface area contributed by atoms with Gasteiger partial charge in [0, 0.05) is 18.8 Å². The molecule has 1 unspecified atom stereocenters. The monoisotopic (exact) mass is 275 g/mol. The summed E-state index contributed by atoms with van der Waals surface area (Å²) >= 11 is 0. The van der Waals surface area contributed by atoms with Gasteiger partial charge in [0.2, 0.25) is 5.95 Å². The average Bonchev–Trinajstić information content (AvgIpc) is 2.80. The number of hydrogen-bond acceptors (Lipinski definition) is 2. The maximum absolute atomic E-state index is 12.9. The van der Waals surface area contributed by atoms with E-state index in [0.29, 0.717) is 0 Å². The van der Waals surface area contributed by atoms with Crippen LogP contribution in [0.1, 0.15) is 37.6 Å². The van der Waals surface area contributed by atoms with Crippen LogP contribution in [-0.2, 0) is 6.42 Å². The van der Waals surface area contributed by atoms with Crippen molar-refractivity contribution in [3.63, 3.8) is 0 Å². The van der Waals surface area contributed by atoms with E-state index in [9.17, 15) is 4.39 Å². The third-order valence-corrected chi connectivity index (χ3v) is 3.31. The van der Waals surface area contributed by atoms with Crippen molar-refractivity contribution in [2.75, 3.05) is 11.9 Å². The average molecular weight is 275 g/mol. The van der Waals surface area contributed by atoms with Crippen LogP contribution in [0.25, 0.3) is 0 Å². The van der Waals surface area contributed by atoms with E-state index in [1.54, 1.807) is 0 Å². The molecular weight excluding hydrogens is 253 g/mol. The highest BCUT2D eigenvalue weighted by Crippen LogP contribution is 2.20. The Morgan fingerprint density at radius 3 is 2.65 bits per heavy atom. The van der Waals surface area contributed by atoms with Crippen molar-refractivity contribution in [1.82, 2.24) is 9.55 Å². The number of aryl methyl sites for hydroxylation is 1. The molecule has 0 saturated heterocycles. The van der Waals surface area contributed by atoms with Crippen LogP contribution in [0.3, 0.4) is 0 Å². The lowest BCUT2D eigenvalue weighted by atomic mass is 10.1. The molecule has 4 heteroatoms. The molecule has 2 aromatic rings. The Hall–Kier alpha value is -1.84. The molecule has 0 fully saturated rings. The lowest BCUT2D eigenvalue weighted by molar-refractivity contribution is 0.547. The van der Waals surface area contributed by atoms with Crippen LogP contribution in [0.5, 0.6) is 0 Å². The molecule has 1 heterocycles. The van der Waals surface area contributed by atoms with Crippen molar-refractivity contribution in [3.8, 4) is 0 Å². The normalized spacial score (nSPS) is 12.4. The van der Waals surface area contributed by atoms with Gasteiger partial charge < -0.3 is 9.88 Å². The van der Waals surface area contributed by atoms with E-state index in [2.05, 4.69) is 34.9 Å². The molecule has 0 amide bonds. The SMILES string of the molecule is CCCNc1nc(C)cn1C(C)Cc1ccc(F)cc1. The Balaban J connectivity index is 2.11. The van der Waals surface area contributed by atoms with Crippen LogP contribution in [0, 0.1) is 12.7 Å². The second kappa shape index (κ2) is 6.55. The molecule has 0 aliphatic heterocycles. The molecular formula is C16H22FN3. The molecule has 0 aliphatic carbocycles. The van der Waals surface area contributed by atoms with Crippen molar-refractivity contribution in [2.24, 2.45) is 0 Å². The van der Waals surface area contributed by atoms with Crippen LogP contribution in [0.4, 0.5) is 10.3 Å². The van der Waals surface area contributed by atoms with E-state index in [4.69, 9.17) is 0 Å². The van der Waals surface area contributed by atoms with Gasteiger partial charge in [-0.15, -0.1) is 0 Å². The number of benzene rings is 1. The fourth-order valence-electron chi connectivity index (χ4n) is 2.28. The highest BCUT2D eigenvalue weighted by molar-refractivity contribution is 5.30. The van der Waals surface area contributed by atoms with Crippen LogP contribution in [0.2, 0.25) is 0 Å². The minimum atomic E-state index is -0.190. The van der Waals surface area contributed by atoms with Gasteiger partial charge in [-0.3, -0.25) is 0 Å². The lowest BCUT2D eigenvalue weighted by Crippen LogP contribution is -2.13. The highest BCUT2D eigenvalue weighted by Gasteiger charge is 2.12. The molecule has 0 radical (unpaired) electrons. The predicted octanol–water partition coefficient (Wildman–Crippen LogP) is 3.96. The molecule has 1 atom stereocenters. The Morgan fingerprint density at radius 2 is 2.00 bits per heavy atom. The van der Waals surface area contributed by atoms with Gasteiger partial charge in [-0.25, -0.2) is 9.37 Å². The van der Waals surface area contributed by atoms with E-state index >= 15 is 0 Å². The summed E-state index contributed by atoms with van der Waals surface area (Å²) in [5, 5.41) is 3.35. The van der Waals surface area contributed by atoms with E-state index < -0.39 is 0 Å². The van der Waals surface area contributed by atoms with Gasteiger partial charge in [0.15, 0.2) is 0 Å². The van der Waals surface area contributed by atoms with Gasteiger partial charge in [-0.05, 0) is 44.4 Å². The van der Waals surface area contributed by atoms with E-state index in [-0.39, 0.29) is 11.9 Å². The quantitative estimate of drug-likeness (QED) is 0.865. The summed E-state index contributed by atoms with van der Waals surface area (Å²) in [6.07, 6.45) is 3.99. The maximum Gasteiger partial charge on any atom is 0.203 e. The number of anilines is 1. The summed E-state index contributed by atoms with van der Waals surface area (Å²) < 4.78 is 15.1. The second-order valence-electron chi connectivity index (χ2n) is 5.22. The molecule has 3 nitrogen and oxygen atoms in total. The largest absolute Gasteiger partial charge is 0.356 e. The van der Waals surface area contributed by atoms with Crippen LogP contribution >= 0.6 is 0 Å². The molecule has 1 N–H and O–H groups in total. The molecule has 0 spiro atoms. The van der Waals surface area contributed by atoms with Gasteiger partial charge in [0.1, 0.15) is 5.82 Å². The summed E-state index contributed by atoms with van der Waals surface area (Å²) in [7, 11) is 0. The molecule has 108 valence electrons. The number of nitrogens with zero attached hydrogens (tertiary/aromatic N) is 2. The van der Waals surface area contributed by atoms with E-state index in [1.807, 2.05) is 19.1 Å². The zero-order valence-corrected chi connectivity index (χ0v) is 12.4. The lowest BCUT2D eigenvalue weighted by Gasteiger charge is -2.17. The van der Waals surface area contributed by atoms with Crippen molar-refractivity contribution in [3.05, 3.63) is 47.5 Å². The van der Waals surface area contributed by atoms with Gasteiger partial charge >= 0.3 is 0 Å². The van der Waals surface area contributed by atoms with Gasteiger partial charge in [0.25, 0.3) is 0 Å². The van der Waals surface area contributed by atoms with Crippen molar-refractivity contribution < 1.29 is 4.39 Å². The van der Waals surface area contributed by atoms with Gasteiger partial charge in [-0.2, -0.15) is 0 Å². The van der Waals surface area contributed by atoms with Crippen molar-refractivity contribution in [2.45, 2.75) is 39.7 Å². The van der Waals surface area contributed by atoms with Gasteiger partial charge in [-0.1, -0.05) is 19.1 Å². The summed E-state index contributed by atoms with van der Waals surface area (Å²) in [5.41, 5.74) is 2.14. The molecule has 20 heavy (non-hydrogen) atoms. The van der Waals surface area contributed by atoms with Crippen LogP contribution < -0.4 is 5.32 Å². The summed E-state index contributed by atoms with van der Waals surface area (Å²) in [6.45, 7) is 7.20. The Kier molecular flexibility index (Phi) is 4.77. The number of halogens is 1. The zero-order valence-electron chi connectivity index (χ0n) is 12.4. The Labute approximate surface area is 119 Å². The first kappa shape index (κ1) is 14.6. The number of hydrogen-bond donors (Lipinski definition) is 1. The molecule has 0 bridgehead atoms. The van der Waals surface area contributed by atoms with E-state index in [0.717, 1.165) is 36.6 Å². The van der Waals surface area contributed by atoms with Crippen LogP contribution in [0.15, 0.2) is 30.5 Å². The first-order valence-electron chi connectivity index (χ1n) is 7.14. The second-order valence-corrected chi connectivity index (χ2v) is 5.22. The zero-order chi connectivity index (χ0) is 14.5. The van der Waals surface area contributed by atoms with E-state index in [1.165, 1.54) is 12.1 Å². The molecule has 0 saturated carbocycles. The number of nitrogens with one attached hydrogen (secondary N) is 1. The van der Waals surface area contributed by atoms with Gasteiger partial charge in [0.05, 0.1) is 5.69 Å². The molecule has 1 aromatic carbocycles. The maximum atomic E-state index is 12.9. The standard InChI is InChI=1S/C16H22FN3/c1-4-9-18-16-19-12(2)11-20(16)13(3)10-14-5-7-15(17)8-6-14/h5-8,11,13H,4,9-10H2,1-3H3,(H,18,19). The molecule has 2 rings (SSSR count). The predicted molar refractivity (Wildman–Crippen MR) is 80.6 cm³/mol. The molecule has 1 aromatic heterocycles. The molecule has 0 aliphatic rings. The Morgan fingerprint density at radius 1 is 1.30 bits per heavy atom. The number of imidazole rings is 1. The first-order chi connectivity index (χ1) is 9.60. The van der Waals surface area contributed by atoms with Crippen molar-refractivity contribution >= 4 is 5.95 Å². The first-order valence-corrected chi connectivity index (χ1v) is 7.14. The fourth-order valence-corrected chi connectivity index (χ4v) is 2.28.